The number of nitrogens with zero attached hydrogens (tertiary/aromatic N) is 1. The van der Waals surface area contributed by atoms with E-state index < -0.39 is 5.91 Å². The lowest BCUT2D eigenvalue weighted by Gasteiger charge is -2.15. The highest BCUT2D eigenvalue weighted by atomic mass is 79.9. The van der Waals surface area contributed by atoms with Crippen LogP contribution in [-0.2, 0) is 18.0 Å². The summed E-state index contributed by atoms with van der Waals surface area (Å²) in [4.78, 5) is 12.9. The maximum absolute atomic E-state index is 12.9. The number of amides is 1. The fraction of sp³-hybridized carbons (Fsp3) is 0.125. The van der Waals surface area contributed by atoms with Crippen LogP contribution in [0.1, 0.15) is 23.6 Å². The van der Waals surface area contributed by atoms with Crippen LogP contribution in [0, 0.1) is 11.3 Å². The molecule has 0 unspecified atom stereocenters. The molecule has 0 fully saturated rings. The standard InChI is InChI=1S/C32H25BrCl2N2O4/c1-2-39-30-17-22(16-28(33)31(30)41-19-21-7-9-25(34)10-8-21)15-24(18-36)32(38)37-26-11-13-27(14-12-26)40-20-23-5-3-4-6-29(23)35/h3-17H,2,19-20H2,1H3,(H,37,38)/b24-15+. The summed E-state index contributed by atoms with van der Waals surface area (Å²) < 4.78 is 18.2. The number of nitriles is 1. The number of nitrogens with one attached hydrogen (secondary N) is 1. The zero-order valence-corrected chi connectivity index (χ0v) is 25.1. The van der Waals surface area contributed by atoms with Gasteiger partial charge < -0.3 is 19.5 Å². The number of halogens is 3. The molecule has 4 aromatic carbocycles. The monoisotopic (exact) mass is 650 g/mol. The van der Waals surface area contributed by atoms with Crippen molar-refractivity contribution in [2.45, 2.75) is 20.1 Å². The summed E-state index contributed by atoms with van der Waals surface area (Å²) in [6, 6.07) is 27.1. The van der Waals surface area contributed by atoms with Crippen LogP contribution in [-0.4, -0.2) is 12.5 Å². The smallest absolute Gasteiger partial charge is 0.266 e. The minimum Gasteiger partial charge on any atom is -0.490 e. The summed E-state index contributed by atoms with van der Waals surface area (Å²) in [5.41, 5.74) is 2.85. The van der Waals surface area contributed by atoms with E-state index in [1.54, 1.807) is 54.6 Å². The fourth-order valence-corrected chi connectivity index (χ4v) is 4.63. The van der Waals surface area contributed by atoms with Crippen LogP contribution >= 0.6 is 39.1 Å². The van der Waals surface area contributed by atoms with Gasteiger partial charge >= 0.3 is 0 Å². The van der Waals surface area contributed by atoms with Gasteiger partial charge in [-0.25, -0.2) is 0 Å². The third-order valence-electron chi connectivity index (χ3n) is 5.77. The van der Waals surface area contributed by atoms with E-state index in [0.717, 1.165) is 11.1 Å². The van der Waals surface area contributed by atoms with Gasteiger partial charge in [-0.15, -0.1) is 0 Å². The van der Waals surface area contributed by atoms with E-state index in [4.69, 9.17) is 37.4 Å². The predicted octanol–water partition coefficient (Wildman–Crippen LogP) is 8.86. The van der Waals surface area contributed by atoms with Crippen molar-refractivity contribution < 1.29 is 19.0 Å². The Labute approximate surface area is 257 Å². The molecule has 0 aliphatic carbocycles. The zero-order valence-electron chi connectivity index (χ0n) is 22.0. The number of ether oxygens (including phenoxy) is 3. The summed E-state index contributed by atoms with van der Waals surface area (Å²) in [5.74, 6) is 1.06. The molecule has 0 atom stereocenters. The van der Waals surface area contributed by atoms with Gasteiger partial charge in [0.1, 0.15) is 30.6 Å². The van der Waals surface area contributed by atoms with Crippen molar-refractivity contribution in [2.24, 2.45) is 0 Å². The van der Waals surface area contributed by atoms with Gasteiger partial charge in [0, 0.05) is 21.3 Å². The van der Waals surface area contributed by atoms with Crippen LogP contribution in [0.25, 0.3) is 6.08 Å². The Hall–Kier alpha value is -3.96. The van der Waals surface area contributed by atoms with Gasteiger partial charge in [0.2, 0.25) is 0 Å². The summed E-state index contributed by atoms with van der Waals surface area (Å²) in [7, 11) is 0. The lowest BCUT2D eigenvalue weighted by Crippen LogP contribution is -2.13. The minimum atomic E-state index is -0.547. The molecule has 0 aliphatic heterocycles. The van der Waals surface area contributed by atoms with Crippen molar-refractivity contribution in [1.29, 1.82) is 5.26 Å². The molecular weight excluding hydrogens is 627 g/mol. The molecule has 1 N–H and O–H groups in total. The number of benzene rings is 4. The van der Waals surface area contributed by atoms with E-state index in [0.29, 0.717) is 62.8 Å². The molecule has 0 saturated heterocycles. The zero-order chi connectivity index (χ0) is 29.2. The molecular formula is C32H25BrCl2N2O4. The van der Waals surface area contributed by atoms with Crippen molar-refractivity contribution in [3.05, 3.63) is 122 Å². The highest BCUT2D eigenvalue weighted by molar-refractivity contribution is 9.10. The largest absolute Gasteiger partial charge is 0.490 e. The van der Waals surface area contributed by atoms with Gasteiger partial charge in [0.25, 0.3) is 5.91 Å². The van der Waals surface area contributed by atoms with Crippen LogP contribution in [0.3, 0.4) is 0 Å². The van der Waals surface area contributed by atoms with Crippen molar-refractivity contribution in [3.8, 4) is 23.3 Å². The first-order valence-electron chi connectivity index (χ1n) is 12.6. The van der Waals surface area contributed by atoms with Crippen LogP contribution in [0.4, 0.5) is 5.69 Å². The summed E-state index contributed by atoms with van der Waals surface area (Å²) in [5, 5.41) is 13.7. The molecule has 9 heteroatoms. The third-order valence-corrected chi connectivity index (χ3v) is 6.98. The number of carbonyl (C=O) groups is 1. The first-order valence-corrected chi connectivity index (χ1v) is 14.1. The molecule has 0 bridgehead atoms. The Morgan fingerprint density at radius 1 is 0.951 bits per heavy atom. The molecule has 0 spiro atoms. The van der Waals surface area contributed by atoms with Crippen LogP contribution in [0.15, 0.2) is 95.0 Å². The maximum atomic E-state index is 12.9. The Morgan fingerprint density at radius 3 is 2.37 bits per heavy atom. The van der Waals surface area contributed by atoms with Gasteiger partial charge in [0.05, 0.1) is 11.1 Å². The summed E-state index contributed by atoms with van der Waals surface area (Å²) in [6.07, 6.45) is 1.49. The molecule has 0 heterocycles. The summed E-state index contributed by atoms with van der Waals surface area (Å²) in [6.45, 7) is 2.89. The molecule has 0 saturated carbocycles. The lowest BCUT2D eigenvalue weighted by molar-refractivity contribution is -0.112. The molecule has 208 valence electrons. The SMILES string of the molecule is CCOc1cc(/C=C(\C#N)C(=O)Nc2ccc(OCc3ccccc3Cl)cc2)cc(Br)c1OCc1ccc(Cl)cc1. The third kappa shape index (κ3) is 8.51. The van der Waals surface area contributed by atoms with Crippen molar-refractivity contribution in [1.82, 2.24) is 0 Å². The highest BCUT2D eigenvalue weighted by Crippen LogP contribution is 2.38. The summed E-state index contributed by atoms with van der Waals surface area (Å²) >= 11 is 15.7. The number of rotatable bonds is 11. The molecule has 0 aliphatic rings. The van der Waals surface area contributed by atoms with Crippen molar-refractivity contribution in [2.75, 3.05) is 11.9 Å². The van der Waals surface area contributed by atoms with Crippen LogP contribution in [0.5, 0.6) is 17.2 Å². The Kier molecular flexibility index (Phi) is 10.7. The number of hydrogen-bond donors (Lipinski definition) is 1. The van der Waals surface area contributed by atoms with Crippen LogP contribution in [0.2, 0.25) is 10.0 Å². The van der Waals surface area contributed by atoms with E-state index >= 15 is 0 Å². The van der Waals surface area contributed by atoms with Gasteiger partial charge in [0.15, 0.2) is 11.5 Å². The molecule has 4 aromatic rings. The second kappa shape index (κ2) is 14.6. The van der Waals surface area contributed by atoms with Crippen molar-refractivity contribution >= 4 is 56.8 Å². The van der Waals surface area contributed by atoms with E-state index in [1.165, 1.54) is 6.08 Å². The van der Waals surface area contributed by atoms with E-state index in [9.17, 15) is 10.1 Å². The highest BCUT2D eigenvalue weighted by Gasteiger charge is 2.15. The average molecular weight is 652 g/mol. The Balaban J connectivity index is 1.44. The topological polar surface area (TPSA) is 80.6 Å². The minimum absolute atomic E-state index is 0.0757. The second-order valence-electron chi connectivity index (χ2n) is 8.71. The number of hydrogen-bond acceptors (Lipinski definition) is 5. The molecule has 0 aromatic heterocycles. The van der Waals surface area contributed by atoms with Crippen LogP contribution < -0.4 is 19.5 Å². The predicted molar refractivity (Wildman–Crippen MR) is 166 cm³/mol. The van der Waals surface area contributed by atoms with Gasteiger partial charge in [-0.05, 0) is 94.7 Å². The molecule has 4 rings (SSSR count). The maximum Gasteiger partial charge on any atom is 0.266 e. The fourth-order valence-electron chi connectivity index (χ4n) is 3.74. The first kappa shape index (κ1) is 30.0. The lowest BCUT2D eigenvalue weighted by atomic mass is 10.1. The Bertz CT molecular complexity index is 1580. The first-order chi connectivity index (χ1) is 19.9. The van der Waals surface area contributed by atoms with E-state index in [1.807, 2.05) is 43.3 Å². The number of anilines is 1. The second-order valence-corrected chi connectivity index (χ2v) is 10.4. The van der Waals surface area contributed by atoms with Gasteiger partial charge in [-0.2, -0.15) is 5.26 Å². The average Bonchev–Trinajstić information content (AvgIpc) is 2.97. The quantitative estimate of drug-likeness (QED) is 0.129. The van der Waals surface area contributed by atoms with Gasteiger partial charge in [-0.3, -0.25) is 4.79 Å². The van der Waals surface area contributed by atoms with Crippen molar-refractivity contribution in [3.63, 3.8) is 0 Å². The molecule has 0 radical (unpaired) electrons. The number of carbonyl (C=O) groups excluding carboxylic acids is 1. The Morgan fingerprint density at radius 2 is 1.68 bits per heavy atom. The molecule has 6 nitrogen and oxygen atoms in total. The van der Waals surface area contributed by atoms with Gasteiger partial charge in [-0.1, -0.05) is 53.5 Å². The van der Waals surface area contributed by atoms with E-state index in [2.05, 4.69) is 21.2 Å². The van der Waals surface area contributed by atoms with E-state index in [-0.39, 0.29) is 5.57 Å². The molecule has 41 heavy (non-hydrogen) atoms. The normalized spacial score (nSPS) is 11.0. The molecule has 1 amide bonds.